The second-order valence-corrected chi connectivity index (χ2v) is 6.41. The Morgan fingerprint density at radius 2 is 1.68 bits per heavy atom. The van der Waals surface area contributed by atoms with Gasteiger partial charge in [-0.3, -0.25) is 0 Å². The predicted octanol–water partition coefficient (Wildman–Crippen LogP) is 4.90. The first kappa shape index (κ1) is 14.5. The van der Waals surface area contributed by atoms with Crippen LogP contribution < -0.4 is 11.1 Å². The first-order chi connectivity index (χ1) is 8.97. The minimum atomic E-state index is 0.379. The zero-order chi connectivity index (χ0) is 14.0. The molecule has 0 bridgehead atoms. The third kappa shape index (κ3) is 3.55. The standard InChI is InChI=1S/C14H12Br2N2S/c1-8-6-9(15)3-5-12(8)18-13-7-10(16)2-4-11(13)14(17)19/h2-7,18H,1H3,(H2,17,19). The zero-order valence-electron chi connectivity index (χ0n) is 10.2. The highest BCUT2D eigenvalue weighted by atomic mass is 79.9. The van der Waals surface area contributed by atoms with Crippen LogP contribution >= 0.6 is 44.1 Å². The van der Waals surface area contributed by atoms with Crippen molar-refractivity contribution in [3.05, 3.63) is 56.5 Å². The molecule has 0 amide bonds. The van der Waals surface area contributed by atoms with Gasteiger partial charge in [0.05, 0.1) is 0 Å². The van der Waals surface area contributed by atoms with Crippen LogP contribution in [0.25, 0.3) is 0 Å². The lowest BCUT2D eigenvalue weighted by Crippen LogP contribution is -2.12. The van der Waals surface area contributed by atoms with Crippen LogP contribution in [0.5, 0.6) is 0 Å². The monoisotopic (exact) mass is 398 g/mol. The molecule has 0 aliphatic heterocycles. The molecule has 0 radical (unpaired) electrons. The van der Waals surface area contributed by atoms with Crippen LogP contribution in [0.2, 0.25) is 0 Å². The van der Waals surface area contributed by atoms with E-state index < -0.39 is 0 Å². The molecule has 0 unspecified atom stereocenters. The molecule has 0 aromatic heterocycles. The van der Waals surface area contributed by atoms with Crippen LogP contribution in [-0.4, -0.2) is 4.99 Å². The summed E-state index contributed by atoms with van der Waals surface area (Å²) in [7, 11) is 0. The normalized spacial score (nSPS) is 10.3. The Morgan fingerprint density at radius 1 is 1.05 bits per heavy atom. The average Bonchev–Trinajstić information content (AvgIpc) is 2.32. The van der Waals surface area contributed by atoms with E-state index in [9.17, 15) is 0 Å². The molecule has 2 aromatic carbocycles. The fourth-order valence-electron chi connectivity index (χ4n) is 1.75. The van der Waals surface area contributed by atoms with Crippen molar-refractivity contribution in [1.82, 2.24) is 0 Å². The summed E-state index contributed by atoms with van der Waals surface area (Å²) < 4.78 is 2.03. The summed E-state index contributed by atoms with van der Waals surface area (Å²) in [6.07, 6.45) is 0. The van der Waals surface area contributed by atoms with Crippen LogP contribution in [0.3, 0.4) is 0 Å². The number of benzene rings is 2. The van der Waals surface area contributed by atoms with E-state index in [1.54, 1.807) is 0 Å². The second-order valence-electron chi connectivity index (χ2n) is 4.14. The second kappa shape index (κ2) is 6.03. The van der Waals surface area contributed by atoms with Crippen LogP contribution in [0.4, 0.5) is 11.4 Å². The lowest BCUT2D eigenvalue weighted by molar-refractivity contribution is 1.41. The number of hydrogen-bond donors (Lipinski definition) is 2. The Kier molecular flexibility index (Phi) is 4.60. The van der Waals surface area contributed by atoms with Gasteiger partial charge in [0, 0.05) is 25.9 Å². The summed E-state index contributed by atoms with van der Waals surface area (Å²) >= 11 is 12.0. The summed E-state index contributed by atoms with van der Waals surface area (Å²) in [5, 5.41) is 3.37. The van der Waals surface area contributed by atoms with Gasteiger partial charge in [0.1, 0.15) is 4.99 Å². The maximum atomic E-state index is 5.75. The highest BCUT2D eigenvalue weighted by molar-refractivity contribution is 9.10. The molecule has 0 aliphatic carbocycles. The minimum absolute atomic E-state index is 0.379. The third-order valence-corrected chi connectivity index (χ3v) is 3.91. The Hall–Kier alpha value is -0.910. The van der Waals surface area contributed by atoms with Crippen molar-refractivity contribution in [3.8, 4) is 0 Å². The van der Waals surface area contributed by atoms with Gasteiger partial charge >= 0.3 is 0 Å². The summed E-state index contributed by atoms with van der Waals surface area (Å²) in [6.45, 7) is 2.05. The van der Waals surface area contributed by atoms with Crippen molar-refractivity contribution in [2.75, 3.05) is 5.32 Å². The Balaban J connectivity index is 2.42. The highest BCUT2D eigenvalue weighted by Crippen LogP contribution is 2.28. The largest absolute Gasteiger partial charge is 0.389 e. The van der Waals surface area contributed by atoms with Crippen LogP contribution in [-0.2, 0) is 0 Å². The van der Waals surface area contributed by atoms with E-state index in [0.29, 0.717) is 4.99 Å². The van der Waals surface area contributed by atoms with Gasteiger partial charge in [-0.25, -0.2) is 0 Å². The lowest BCUT2D eigenvalue weighted by atomic mass is 10.1. The molecule has 0 aliphatic rings. The number of thiocarbonyl (C=S) groups is 1. The number of hydrogen-bond acceptors (Lipinski definition) is 2. The maximum Gasteiger partial charge on any atom is 0.106 e. The predicted molar refractivity (Wildman–Crippen MR) is 92.2 cm³/mol. The molecule has 2 rings (SSSR count). The first-order valence-electron chi connectivity index (χ1n) is 5.60. The van der Waals surface area contributed by atoms with Crippen molar-refractivity contribution in [1.29, 1.82) is 0 Å². The molecule has 0 saturated carbocycles. The number of aryl methyl sites for hydroxylation is 1. The van der Waals surface area contributed by atoms with E-state index in [1.165, 1.54) is 0 Å². The van der Waals surface area contributed by atoms with E-state index in [4.69, 9.17) is 18.0 Å². The average molecular weight is 400 g/mol. The fraction of sp³-hybridized carbons (Fsp3) is 0.0714. The van der Waals surface area contributed by atoms with Crippen LogP contribution in [0.1, 0.15) is 11.1 Å². The fourth-order valence-corrected chi connectivity index (χ4v) is 2.76. The van der Waals surface area contributed by atoms with Crippen molar-refractivity contribution >= 4 is 60.4 Å². The smallest absolute Gasteiger partial charge is 0.106 e. The van der Waals surface area contributed by atoms with Crippen molar-refractivity contribution in [2.24, 2.45) is 5.73 Å². The minimum Gasteiger partial charge on any atom is -0.389 e. The van der Waals surface area contributed by atoms with Crippen molar-refractivity contribution < 1.29 is 0 Å². The van der Waals surface area contributed by atoms with Gasteiger partial charge in [0.15, 0.2) is 0 Å². The Labute approximate surface area is 134 Å². The molecule has 5 heteroatoms. The van der Waals surface area contributed by atoms with Gasteiger partial charge in [-0.05, 0) is 48.9 Å². The molecule has 0 atom stereocenters. The quantitative estimate of drug-likeness (QED) is 0.721. The van der Waals surface area contributed by atoms with E-state index in [1.807, 2.05) is 37.3 Å². The number of rotatable bonds is 3. The Morgan fingerprint density at radius 3 is 2.32 bits per heavy atom. The van der Waals surface area contributed by atoms with Gasteiger partial charge in [-0.15, -0.1) is 0 Å². The van der Waals surface area contributed by atoms with Gasteiger partial charge in [-0.2, -0.15) is 0 Å². The summed E-state index contributed by atoms with van der Waals surface area (Å²) in [5.41, 5.74) is 9.65. The van der Waals surface area contributed by atoms with Gasteiger partial charge < -0.3 is 11.1 Å². The molecular weight excluding hydrogens is 388 g/mol. The topological polar surface area (TPSA) is 38.0 Å². The molecule has 0 heterocycles. The molecule has 3 N–H and O–H groups in total. The number of nitrogens with two attached hydrogens (primary N) is 1. The number of nitrogens with one attached hydrogen (secondary N) is 1. The van der Waals surface area contributed by atoms with E-state index in [2.05, 4.69) is 43.2 Å². The summed E-state index contributed by atoms with van der Waals surface area (Å²) in [4.78, 5) is 0.379. The van der Waals surface area contributed by atoms with Gasteiger partial charge in [0.25, 0.3) is 0 Å². The highest BCUT2D eigenvalue weighted by Gasteiger charge is 2.07. The molecule has 19 heavy (non-hydrogen) atoms. The van der Waals surface area contributed by atoms with E-state index in [0.717, 1.165) is 31.4 Å². The maximum absolute atomic E-state index is 5.75. The van der Waals surface area contributed by atoms with E-state index in [-0.39, 0.29) is 0 Å². The first-order valence-corrected chi connectivity index (χ1v) is 7.59. The lowest BCUT2D eigenvalue weighted by Gasteiger charge is -2.14. The molecule has 0 saturated heterocycles. The van der Waals surface area contributed by atoms with E-state index >= 15 is 0 Å². The van der Waals surface area contributed by atoms with Crippen LogP contribution in [0, 0.1) is 6.92 Å². The summed E-state index contributed by atoms with van der Waals surface area (Å²) in [6, 6.07) is 11.9. The molecule has 2 nitrogen and oxygen atoms in total. The van der Waals surface area contributed by atoms with Gasteiger partial charge in [0.2, 0.25) is 0 Å². The molecule has 2 aromatic rings. The van der Waals surface area contributed by atoms with Crippen LogP contribution in [0.15, 0.2) is 45.3 Å². The zero-order valence-corrected chi connectivity index (χ0v) is 14.2. The Bertz CT molecular complexity index is 641. The number of halogens is 2. The molecule has 0 spiro atoms. The summed E-state index contributed by atoms with van der Waals surface area (Å²) in [5.74, 6) is 0. The molecule has 98 valence electrons. The molecular formula is C14H12Br2N2S. The third-order valence-electron chi connectivity index (χ3n) is 2.70. The molecule has 0 fully saturated rings. The van der Waals surface area contributed by atoms with Gasteiger partial charge in [-0.1, -0.05) is 44.1 Å². The van der Waals surface area contributed by atoms with Crippen molar-refractivity contribution in [2.45, 2.75) is 6.92 Å². The van der Waals surface area contributed by atoms with Crippen molar-refractivity contribution in [3.63, 3.8) is 0 Å². The number of anilines is 2. The SMILES string of the molecule is Cc1cc(Br)ccc1Nc1cc(Br)ccc1C(N)=S.